The maximum Gasteiger partial charge on any atom is 0.142 e. The van der Waals surface area contributed by atoms with Gasteiger partial charge in [0.15, 0.2) is 0 Å². The Kier molecular flexibility index (Phi) is 4.27. The Hall–Kier alpha value is -0.260. The van der Waals surface area contributed by atoms with Crippen LogP contribution in [-0.2, 0) is 6.42 Å². The molecule has 1 aliphatic carbocycles. The van der Waals surface area contributed by atoms with Gasteiger partial charge < -0.3 is 5.73 Å². The number of thioether (sulfide) groups is 2. The standard InChI is InChI=1S/C16H25N3S2/c1-9-10(2)21-14(8-20-9)15-18-7-11-12(17)5-16(3,4)6-13(11)19-15/h7,9-10,12,14H,5-6,8,17H2,1-4H3. The molecule has 1 fully saturated rings. The van der Waals surface area contributed by atoms with E-state index in [0.717, 1.165) is 35.2 Å². The van der Waals surface area contributed by atoms with Crippen LogP contribution in [0.4, 0.5) is 0 Å². The first-order chi connectivity index (χ1) is 9.85. The van der Waals surface area contributed by atoms with Gasteiger partial charge in [0.05, 0.1) is 5.25 Å². The first-order valence-electron chi connectivity index (χ1n) is 7.74. The Morgan fingerprint density at radius 1 is 1.29 bits per heavy atom. The Labute approximate surface area is 136 Å². The highest BCUT2D eigenvalue weighted by Gasteiger charge is 2.33. The zero-order valence-electron chi connectivity index (χ0n) is 13.3. The summed E-state index contributed by atoms with van der Waals surface area (Å²) in [7, 11) is 0. The Balaban J connectivity index is 1.86. The third-order valence-electron chi connectivity index (χ3n) is 4.58. The highest BCUT2D eigenvalue weighted by Crippen LogP contribution is 2.44. The number of rotatable bonds is 1. The molecule has 1 saturated heterocycles. The summed E-state index contributed by atoms with van der Waals surface area (Å²) in [6.45, 7) is 9.19. The van der Waals surface area contributed by atoms with E-state index in [1.165, 1.54) is 5.69 Å². The van der Waals surface area contributed by atoms with Crippen LogP contribution in [0.5, 0.6) is 0 Å². The Morgan fingerprint density at radius 3 is 2.76 bits per heavy atom. The average Bonchev–Trinajstić information content (AvgIpc) is 2.40. The Morgan fingerprint density at radius 2 is 2.05 bits per heavy atom. The minimum absolute atomic E-state index is 0.0881. The van der Waals surface area contributed by atoms with Crippen LogP contribution in [-0.4, -0.2) is 26.2 Å². The van der Waals surface area contributed by atoms with Crippen molar-refractivity contribution in [1.29, 1.82) is 0 Å². The summed E-state index contributed by atoms with van der Waals surface area (Å²) in [6, 6.07) is 0.0881. The fourth-order valence-corrected chi connectivity index (χ4v) is 6.05. The third-order valence-corrected chi connectivity index (χ3v) is 7.96. The molecule has 1 aliphatic heterocycles. The van der Waals surface area contributed by atoms with Crippen molar-refractivity contribution in [3.8, 4) is 0 Å². The number of nitrogens with zero attached hydrogens (tertiary/aromatic N) is 2. The first kappa shape index (κ1) is 15.6. The number of hydrogen-bond acceptors (Lipinski definition) is 5. The number of hydrogen-bond donors (Lipinski definition) is 1. The summed E-state index contributed by atoms with van der Waals surface area (Å²) in [5.41, 5.74) is 8.89. The van der Waals surface area contributed by atoms with Crippen molar-refractivity contribution in [2.24, 2.45) is 11.1 Å². The van der Waals surface area contributed by atoms with Gasteiger partial charge in [-0.05, 0) is 18.3 Å². The predicted molar refractivity (Wildman–Crippen MR) is 92.8 cm³/mol. The molecule has 3 rings (SSSR count). The highest BCUT2D eigenvalue weighted by molar-refractivity contribution is 8.07. The van der Waals surface area contributed by atoms with Gasteiger partial charge in [-0.2, -0.15) is 11.8 Å². The lowest BCUT2D eigenvalue weighted by Crippen LogP contribution is -2.31. The maximum atomic E-state index is 6.30. The summed E-state index contributed by atoms with van der Waals surface area (Å²) < 4.78 is 0. The number of nitrogens with two attached hydrogens (primary N) is 1. The molecule has 4 atom stereocenters. The van der Waals surface area contributed by atoms with Gasteiger partial charge in [0.1, 0.15) is 5.82 Å². The Bertz CT molecular complexity index is 532. The van der Waals surface area contributed by atoms with Crippen LogP contribution in [0.2, 0.25) is 0 Å². The molecule has 21 heavy (non-hydrogen) atoms. The molecule has 0 spiro atoms. The van der Waals surface area contributed by atoms with E-state index >= 15 is 0 Å². The van der Waals surface area contributed by atoms with E-state index in [0.29, 0.717) is 10.5 Å². The van der Waals surface area contributed by atoms with Crippen LogP contribution in [0.25, 0.3) is 0 Å². The van der Waals surface area contributed by atoms with Crippen molar-refractivity contribution in [2.45, 2.75) is 62.3 Å². The van der Waals surface area contributed by atoms with Crippen LogP contribution >= 0.6 is 23.5 Å². The fraction of sp³-hybridized carbons (Fsp3) is 0.750. The van der Waals surface area contributed by atoms with E-state index in [-0.39, 0.29) is 11.5 Å². The first-order valence-corrected chi connectivity index (χ1v) is 9.73. The maximum absolute atomic E-state index is 6.30. The summed E-state index contributed by atoms with van der Waals surface area (Å²) in [5.74, 6) is 2.12. The summed E-state index contributed by atoms with van der Waals surface area (Å²) >= 11 is 4.06. The smallest absolute Gasteiger partial charge is 0.142 e. The van der Waals surface area contributed by atoms with Crippen LogP contribution in [0.3, 0.4) is 0 Å². The van der Waals surface area contributed by atoms with Gasteiger partial charge in [-0.15, -0.1) is 11.8 Å². The van der Waals surface area contributed by atoms with Crippen molar-refractivity contribution in [3.63, 3.8) is 0 Å². The molecule has 5 heteroatoms. The van der Waals surface area contributed by atoms with Crippen molar-refractivity contribution < 1.29 is 0 Å². The molecule has 1 aromatic rings. The van der Waals surface area contributed by atoms with Gasteiger partial charge in [-0.1, -0.05) is 27.7 Å². The fourth-order valence-electron chi connectivity index (χ4n) is 3.20. The minimum atomic E-state index is 0.0881. The molecule has 2 heterocycles. The van der Waals surface area contributed by atoms with Gasteiger partial charge in [0.2, 0.25) is 0 Å². The minimum Gasteiger partial charge on any atom is -0.324 e. The molecule has 2 N–H and O–H groups in total. The summed E-state index contributed by atoms with van der Waals surface area (Å²) in [5, 5.41) is 1.80. The van der Waals surface area contributed by atoms with E-state index in [2.05, 4.69) is 32.7 Å². The van der Waals surface area contributed by atoms with Crippen molar-refractivity contribution >= 4 is 23.5 Å². The van der Waals surface area contributed by atoms with E-state index < -0.39 is 0 Å². The van der Waals surface area contributed by atoms with Crippen molar-refractivity contribution in [2.75, 3.05) is 5.75 Å². The predicted octanol–water partition coefficient (Wildman–Crippen LogP) is 3.75. The summed E-state index contributed by atoms with van der Waals surface area (Å²) in [4.78, 5) is 9.57. The average molecular weight is 324 g/mol. The van der Waals surface area contributed by atoms with Crippen LogP contribution in [0.15, 0.2) is 6.20 Å². The second-order valence-electron chi connectivity index (χ2n) is 7.15. The quantitative estimate of drug-likeness (QED) is 0.853. The largest absolute Gasteiger partial charge is 0.324 e. The van der Waals surface area contributed by atoms with E-state index in [1.54, 1.807) is 0 Å². The molecule has 3 nitrogen and oxygen atoms in total. The van der Waals surface area contributed by atoms with E-state index in [9.17, 15) is 0 Å². The third kappa shape index (κ3) is 3.25. The SMILES string of the molecule is CC1SCC(c2ncc3c(n2)CC(C)(C)CC3N)SC1C. The summed E-state index contributed by atoms with van der Waals surface area (Å²) in [6.07, 6.45) is 4.03. The molecule has 0 saturated carbocycles. The molecular formula is C16H25N3S2. The lowest BCUT2D eigenvalue weighted by molar-refractivity contribution is 0.277. The monoisotopic (exact) mass is 323 g/mol. The molecule has 0 bridgehead atoms. The molecule has 1 aromatic heterocycles. The topological polar surface area (TPSA) is 51.8 Å². The lowest BCUT2D eigenvalue weighted by Gasteiger charge is -2.35. The number of fused-ring (bicyclic) bond motifs is 1. The van der Waals surface area contributed by atoms with Crippen LogP contribution < -0.4 is 5.73 Å². The number of aromatic nitrogens is 2. The van der Waals surface area contributed by atoms with Gasteiger partial charge in [-0.3, -0.25) is 0 Å². The van der Waals surface area contributed by atoms with Crippen molar-refractivity contribution in [1.82, 2.24) is 9.97 Å². The molecule has 2 aliphatic rings. The zero-order valence-corrected chi connectivity index (χ0v) is 14.9. The van der Waals surface area contributed by atoms with E-state index in [1.807, 2.05) is 29.7 Å². The molecule has 4 unspecified atom stereocenters. The van der Waals surface area contributed by atoms with Gasteiger partial charge in [0.25, 0.3) is 0 Å². The van der Waals surface area contributed by atoms with Crippen molar-refractivity contribution in [3.05, 3.63) is 23.3 Å². The second-order valence-corrected chi connectivity index (χ2v) is 10.1. The van der Waals surface area contributed by atoms with Gasteiger partial charge >= 0.3 is 0 Å². The molecular weight excluding hydrogens is 298 g/mol. The molecule has 116 valence electrons. The normalized spacial score (nSPS) is 35.3. The van der Waals surface area contributed by atoms with E-state index in [4.69, 9.17) is 10.7 Å². The van der Waals surface area contributed by atoms with Gasteiger partial charge in [0, 0.05) is 39.7 Å². The molecule has 0 radical (unpaired) electrons. The highest BCUT2D eigenvalue weighted by atomic mass is 32.2. The van der Waals surface area contributed by atoms with Crippen LogP contribution in [0.1, 0.15) is 62.5 Å². The van der Waals surface area contributed by atoms with Crippen LogP contribution in [0, 0.1) is 5.41 Å². The zero-order chi connectivity index (χ0) is 15.2. The van der Waals surface area contributed by atoms with Gasteiger partial charge in [-0.25, -0.2) is 9.97 Å². The lowest BCUT2D eigenvalue weighted by atomic mass is 9.74. The second kappa shape index (κ2) is 5.74. The molecule has 0 amide bonds. The molecule has 0 aromatic carbocycles.